The van der Waals surface area contributed by atoms with Crippen LogP contribution in [0.4, 0.5) is 0 Å². The summed E-state index contributed by atoms with van der Waals surface area (Å²) in [5, 5.41) is 0.701. The minimum atomic E-state index is -0.0679. The summed E-state index contributed by atoms with van der Waals surface area (Å²) in [6.45, 7) is 0. The molecule has 0 bridgehead atoms. The summed E-state index contributed by atoms with van der Waals surface area (Å²) in [6.07, 6.45) is 3.48. The molecule has 0 saturated carbocycles. The number of pyridine rings is 1. The zero-order valence-corrected chi connectivity index (χ0v) is 9.35. The average molecular weight is 234 g/mol. The number of nitrogens with zero attached hydrogens (tertiary/aromatic N) is 1. The monoisotopic (exact) mass is 233 g/mol. The molecular formula is C12H12ClN3. The van der Waals surface area contributed by atoms with Gasteiger partial charge in [0.2, 0.25) is 0 Å². The Balaban J connectivity index is 2.37. The molecule has 0 spiro atoms. The van der Waals surface area contributed by atoms with Gasteiger partial charge in [0.1, 0.15) is 0 Å². The molecule has 0 aliphatic heterocycles. The molecule has 4 heteroatoms. The fraction of sp³-hybridized carbons (Fsp3) is 0.0833. The maximum atomic E-state index is 5.95. The van der Waals surface area contributed by atoms with Crippen molar-refractivity contribution in [3.63, 3.8) is 0 Å². The maximum Gasteiger partial charge on any atom is 0.0711 e. The molecule has 0 aliphatic rings. The Morgan fingerprint density at radius 1 is 1.12 bits per heavy atom. The first-order valence-electron chi connectivity index (χ1n) is 4.93. The van der Waals surface area contributed by atoms with Crippen molar-refractivity contribution < 1.29 is 0 Å². The summed E-state index contributed by atoms with van der Waals surface area (Å²) in [5.74, 6) is 5.57. The molecule has 0 amide bonds. The summed E-state index contributed by atoms with van der Waals surface area (Å²) in [6, 6.07) is 11.4. The van der Waals surface area contributed by atoms with Crippen LogP contribution in [-0.4, -0.2) is 4.98 Å². The molecule has 1 aromatic heterocycles. The van der Waals surface area contributed by atoms with E-state index in [9.17, 15) is 0 Å². The molecule has 1 heterocycles. The van der Waals surface area contributed by atoms with E-state index in [1.54, 1.807) is 12.4 Å². The van der Waals surface area contributed by atoms with E-state index in [0.717, 1.165) is 11.1 Å². The number of hydrazine groups is 1. The number of nitrogens with one attached hydrogen (secondary N) is 1. The van der Waals surface area contributed by atoms with E-state index in [1.165, 1.54) is 0 Å². The van der Waals surface area contributed by atoms with Crippen molar-refractivity contribution in [1.29, 1.82) is 0 Å². The third-order valence-corrected chi connectivity index (χ3v) is 2.62. The lowest BCUT2D eigenvalue weighted by Gasteiger charge is -2.16. The van der Waals surface area contributed by atoms with Crippen molar-refractivity contribution in [3.05, 3.63) is 64.9 Å². The molecule has 3 N–H and O–H groups in total. The number of halogens is 1. The molecule has 1 unspecified atom stereocenters. The highest BCUT2D eigenvalue weighted by Gasteiger charge is 2.11. The summed E-state index contributed by atoms with van der Waals surface area (Å²) in [7, 11) is 0. The van der Waals surface area contributed by atoms with Crippen LogP contribution in [0.15, 0.2) is 48.8 Å². The molecule has 2 aromatic rings. The summed E-state index contributed by atoms with van der Waals surface area (Å²) in [4.78, 5) is 3.98. The summed E-state index contributed by atoms with van der Waals surface area (Å²) >= 11 is 5.95. The van der Waals surface area contributed by atoms with Gasteiger partial charge in [0.15, 0.2) is 0 Å². The van der Waals surface area contributed by atoms with Gasteiger partial charge in [-0.1, -0.05) is 23.7 Å². The van der Waals surface area contributed by atoms with E-state index >= 15 is 0 Å². The SMILES string of the molecule is NNC(c1ccncc1)c1cccc(Cl)c1. The number of benzene rings is 1. The lowest BCUT2D eigenvalue weighted by Crippen LogP contribution is -2.28. The van der Waals surface area contributed by atoms with Gasteiger partial charge in [0.25, 0.3) is 0 Å². The van der Waals surface area contributed by atoms with Gasteiger partial charge < -0.3 is 0 Å². The quantitative estimate of drug-likeness (QED) is 0.632. The number of nitrogens with two attached hydrogens (primary N) is 1. The number of aromatic nitrogens is 1. The van der Waals surface area contributed by atoms with Crippen LogP contribution in [-0.2, 0) is 0 Å². The van der Waals surface area contributed by atoms with E-state index in [2.05, 4.69) is 10.4 Å². The lowest BCUT2D eigenvalue weighted by atomic mass is 10.0. The van der Waals surface area contributed by atoms with Crippen molar-refractivity contribution in [2.75, 3.05) is 0 Å². The Labute approximate surface area is 99.2 Å². The fourth-order valence-electron chi connectivity index (χ4n) is 1.63. The van der Waals surface area contributed by atoms with Gasteiger partial charge in [0, 0.05) is 17.4 Å². The van der Waals surface area contributed by atoms with Gasteiger partial charge in [-0.25, -0.2) is 5.43 Å². The van der Waals surface area contributed by atoms with Crippen molar-refractivity contribution in [2.45, 2.75) is 6.04 Å². The van der Waals surface area contributed by atoms with Crippen LogP contribution in [0.1, 0.15) is 17.2 Å². The van der Waals surface area contributed by atoms with Crippen molar-refractivity contribution in [1.82, 2.24) is 10.4 Å². The summed E-state index contributed by atoms with van der Waals surface area (Å²) in [5.41, 5.74) is 4.86. The Morgan fingerprint density at radius 2 is 1.88 bits per heavy atom. The second-order valence-corrected chi connectivity index (χ2v) is 3.87. The molecule has 2 rings (SSSR count). The molecule has 0 fully saturated rings. The predicted molar refractivity (Wildman–Crippen MR) is 64.9 cm³/mol. The first-order chi connectivity index (χ1) is 7.81. The largest absolute Gasteiger partial charge is 0.271 e. The smallest absolute Gasteiger partial charge is 0.0711 e. The Hall–Kier alpha value is -1.42. The average Bonchev–Trinajstić information content (AvgIpc) is 2.31. The Kier molecular flexibility index (Phi) is 3.51. The van der Waals surface area contributed by atoms with E-state index in [0.29, 0.717) is 5.02 Å². The molecule has 1 aromatic carbocycles. The highest BCUT2D eigenvalue weighted by Crippen LogP contribution is 2.22. The first-order valence-corrected chi connectivity index (χ1v) is 5.30. The third kappa shape index (κ3) is 2.39. The molecule has 0 radical (unpaired) electrons. The van der Waals surface area contributed by atoms with E-state index in [-0.39, 0.29) is 6.04 Å². The Bertz CT molecular complexity index is 459. The van der Waals surface area contributed by atoms with E-state index in [4.69, 9.17) is 17.4 Å². The minimum Gasteiger partial charge on any atom is -0.271 e. The lowest BCUT2D eigenvalue weighted by molar-refractivity contribution is 0.636. The van der Waals surface area contributed by atoms with Crippen molar-refractivity contribution in [3.8, 4) is 0 Å². The van der Waals surface area contributed by atoms with Crippen molar-refractivity contribution in [2.24, 2.45) is 5.84 Å². The number of hydrogen-bond donors (Lipinski definition) is 2. The van der Waals surface area contributed by atoms with Gasteiger partial charge in [-0.2, -0.15) is 0 Å². The highest BCUT2D eigenvalue weighted by molar-refractivity contribution is 6.30. The first kappa shape index (κ1) is 11.1. The Morgan fingerprint density at radius 3 is 2.50 bits per heavy atom. The molecular weight excluding hydrogens is 222 g/mol. The second kappa shape index (κ2) is 5.07. The van der Waals surface area contributed by atoms with Crippen LogP contribution >= 0.6 is 11.6 Å². The van der Waals surface area contributed by atoms with E-state index < -0.39 is 0 Å². The molecule has 0 saturated heterocycles. The molecule has 3 nitrogen and oxygen atoms in total. The van der Waals surface area contributed by atoms with Gasteiger partial charge >= 0.3 is 0 Å². The topological polar surface area (TPSA) is 50.9 Å². The van der Waals surface area contributed by atoms with Crippen LogP contribution < -0.4 is 11.3 Å². The molecule has 16 heavy (non-hydrogen) atoms. The fourth-order valence-corrected chi connectivity index (χ4v) is 1.83. The molecule has 82 valence electrons. The molecule has 1 atom stereocenters. The second-order valence-electron chi connectivity index (χ2n) is 3.44. The van der Waals surface area contributed by atoms with Crippen LogP contribution in [0.25, 0.3) is 0 Å². The predicted octanol–water partition coefficient (Wildman–Crippen LogP) is 2.29. The molecule has 0 aliphatic carbocycles. The van der Waals surface area contributed by atoms with Crippen molar-refractivity contribution >= 4 is 11.6 Å². The van der Waals surface area contributed by atoms with Gasteiger partial charge in [-0.15, -0.1) is 0 Å². The van der Waals surface area contributed by atoms with Crippen LogP contribution in [0.2, 0.25) is 5.02 Å². The van der Waals surface area contributed by atoms with Crippen LogP contribution in [0, 0.1) is 0 Å². The highest BCUT2D eigenvalue weighted by atomic mass is 35.5. The standard InChI is InChI=1S/C12H12ClN3/c13-11-3-1-2-10(8-11)12(16-14)9-4-6-15-7-5-9/h1-8,12,16H,14H2. The normalized spacial score (nSPS) is 12.4. The van der Waals surface area contributed by atoms with Crippen LogP contribution in [0.5, 0.6) is 0 Å². The third-order valence-electron chi connectivity index (χ3n) is 2.39. The number of rotatable bonds is 3. The zero-order chi connectivity index (χ0) is 11.4. The van der Waals surface area contributed by atoms with Crippen LogP contribution in [0.3, 0.4) is 0 Å². The number of hydrogen-bond acceptors (Lipinski definition) is 3. The maximum absolute atomic E-state index is 5.95. The van der Waals surface area contributed by atoms with Gasteiger partial charge in [-0.3, -0.25) is 10.8 Å². The summed E-state index contributed by atoms with van der Waals surface area (Å²) < 4.78 is 0. The zero-order valence-electron chi connectivity index (χ0n) is 8.60. The van der Waals surface area contributed by atoms with E-state index in [1.807, 2.05) is 36.4 Å². The van der Waals surface area contributed by atoms with Gasteiger partial charge in [0.05, 0.1) is 6.04 Å². The minimum absolute atomic E-state index is 0.0679. The van der Waals surface area contributed by atoms with Gasteiger partial charge in [-0.05, 0) is 35.4 Å².